The molecule has 0 spiro atoms. The topological polar surface area (TPSA) is 150 Å². The highest BCUT2D eigenvalue weighted by Gasteiger charge is 2.37. The number of ether oxygens (including phenoxy) is 3. The second-order valence-corrected chi connectivity index (χ2v) is 14.7. The fraction of sp³-hybridized carbons (Fsp3) is 0.386. The van der Waals surface area contributed by atoms with Crippen molar-refractivity contribution in [3.63, 3.8) is 0 Å². The lowest BCUT2D eigenvalue weighted by atomic mass is 10.0. The molecule has 57 heavy (non-hydrogen) atoms. The zero-order valence-electron chi connectivity index (χ0n) is 33.7. The lowest BCUT2D eigenvalue weighted by Gasteiger charge is -2.30. The summed E-state index contributed by atoms with van der Waals surface area (Å²) in [6.45, 7) is 13.8. The van der Waals surface area contributed by atoms with E-state index in [9.17, 15) is 14.4 Å². The third-order valence-electron chi connectivity index (χ3n) is 10.6. The van der Waals surface area contributed by atoms with E-state index in [0.29, 0.717) is 35.4 Å². The number of amides is 3. The first-order chi connectivity index (χ1) is 27.5. The lowest BCUT2D eigenvalue weighted by molar-refractivity contribution is -0.135. The molecule has 3 aromatic carbocycles. The van der Waals surface area contributed by atoms with E-state index in [1.54, 1.807) is 17.3 Å². The number of alkyl carbamates (subject to hydrolysis) is 1. The molecule has 2 aliphatic rings. The maximum atomic E-state index is 13.6. The lowest BCUT2D eigenvalue weighted by Crippen LogP contribution is -2.51. The van der Waals surface area contributed by atoms with Crippen molar-refractivity contribution in [1.82, 2.24) is 30.4 Å². The summed E-state index contributed by atoms with van der Waals surface area (Å²) in [7, 11) is 1.28. The first-order valence-corrected chi connectivity index (χ1v) is 19.6. The third-order valence-corrected chi connectivity index (χ3v) is 10.6. The van der Waals surface area contributed by atoms with Crippen LogP contribution in [-0.2, 0) is 14.3 Å². The van der Waals surface area contributed by atoms with Crippen LogP contribution >= 0.6 is 0 Å². The summed E-state index contributed by atoms with van der Waals surface area (Å²) in [6, 6.07) is 19.6. The van der Waals surface area contributed by atoms with Crippen LogP contribution in [0.3, 0.4) is 0 Å². The Morgan fingerprint density at radius 3 is 2.37 bits per heavy atom. The number of rotatable bonds is 14. The number of aromatic nitrogens is 2. The number of H-pyrrole nitrogens is 1. The predicted octanol–water partition coefficient (Wildman–Crippen LogP) is 8.04. The minimum absolute atomic E-state index is 0.0548. The highest BCUT2D eigenvalue weighted by molar-refractivity contribution is 5.93. The Labute approximate surface area is 334 Å². The number of aromatic amines is 1. The summed E-state index contributed by atoms with van der Waals surface area (Å²) >= 11 is 0. The van der Waals surface area contributed by atoms with E-state index in [2.05, 4.69) is 44.3 Å². The van der Waals surface area contributed by atoms with Gasteiger partial charge in [-0.2, -0.15) is 0 Å². The molecule has 6 rings (SSSR count). The van der Waals surface area contributed by atoms with Gasteiger partial charge in [-0.05, 0) is 93.2 Å². The van der Waals surface area contributed by atoms with E-state index in [1.807, 2.05) is 101 Å². The summed E-state index contributed by atoms with van der Waals surface area (Å²) in [5, 5.41) is 5.85. The van der Waals surface area contributed by atoms with Gasteiger partial charge in [-0.25, -0.2) is 9.78 Å². The van der Waals surface area contributed by atoms with Gasteiger partial charge < -0.3 is 34.7 Å². The highest BCUT2D eigenvalue weighted by Crippen LogP contribution is 2.47. The number of hydrogen-bond acceptors (Lipinski definition) is 9. The van der Waals surface area contributed by atoms with Crippen LogP contribution in [0.25, 0.3) is 17.3 Å². The fourth-order valence-corrected chi connectivity index (χ4v) is 7.22. The Morgan fingerprint density at radius 2 is 1.68 bits per heavy atom. The molecular formula is C44H53N7O6. The number of aliphatic imine (C=N–C) groups is 1. The molecule has 0 radical (unpaired) electrons. The van der Waals surface area contributed by atoms with Gasteiger partial charge in [-0.3, -0.25) is 19.5 Å². The predicted molar refractivity (Wildman–Crippen MR) is 220 cm³/mol. The van der Waals surface area contributed by atoms with Crippen LogP contribution in [0, 0.1) is 5.92 Å². The van der Waals surface area contributed by atoms with Gasteiger partial charge in [0, 0.05) is 24.0 Å². The number of carbonyl (C=O) groups excluding carboxylic acids is 3. The molecule has 3 amide bonds. The van der Waals surface area contributed by atoms with E-state index in [-0.39, 0.29) is 35.9 Å². The van der Waals surface area contributed by atoms with Crippen LogP contribution in [0.4, 0.5) is 4.79 Å². The number of fused-ring (bicyclic) bond motifs is 2. The summed E-state index contributed by atoms with van der Waals surface area (Å²) in [5.41, 5.74) is 4.25. The molecule has 13 nitrogen and oxygen atoms in total. The number of benzene rings is 3. The maximum absolute atomic E-state index is 13.6. The molecule has 0 bridgehead atoms. The molecule has 1 saturated heterocycles. The first-order valence-electron chi connectivity index (χ1n) is 19.6. The molecule has 3 N–H and O–H groups in total. The van der Waals surface area contributed by atoms with Crippen molar-refractivity contribution in [2.45, 2.75) is 78.6 Å². The van der Waals surface area contributed by atoms with Crippen molar-refractivity contribution in [1.29, 1.82) is 0 Å². The second kappa shape index (κ2) is 18.3. The molecule has 13 heteroatoms. The van der Waals surface area contributed by atoms with Crippen LogP contribution in [-0.4, -0.2) is 82.2 Å². The molecule has 1 aromatic heterocycles. The zero-order valence-corrected chi connectivity index (χ0v) is 33.7. The van der Waals surface area contributed by atoms with E-state index in [4.69, 9.17) is 14.2 Å². The van der Waals surface area contributed by atoms with Crippen LogP contribution in [0.2, 0.25) is 0 Å². The van der Waals surface area contributed by atoms with Crippen LogP contribution < -0.4 is 20.1 Å². The Hall–Kier alpha value is -5.95. The van der Waals surface area contributed by atoms with Gasteiger partial charge in [0.1, 0.15) is 17.9 Å². The standard InChI is InChI=1S/C44H53N7O6/c1-8-50(9-2)40(31-14-11-10-12-15-31)42(52)47-29(6)28(5)45-22-21-30-17-19-35-37(24-30)56-36-20-18-32(25-38(36)57-35)33-26-46-41(48-33)34-16-13-23-51(34)43(53)39(27(3)4)49-44(54)55-7/h10-12,14-15,17-22,24-27,29,34,39-40H,8-9,13,16,23H2,1-7H3,(H,46,48)(H,47,52)(H,49,54)/b22-21+,45-28?/t29-,34-,39-,40+/m0/s1. The molecule has 3 heterocycles. The number of nitrogens with one attached hydrogen (secondary N) is 3. The van der Waals surface area contributed by atoms with Crippen molar-refractivity contribution in [2.75, 3.05) is 26.7 Å². The normalized spacial score (nSPS) is 16.7. The number of nitrogens with zero attached hydrogens (tertiary/aromatic N) is 4. The number of imidazole rings is 1. The van der Waals surface area contributed by atoms with E-state index in [1.165, 1.54) is 7.11 Å². The Morgan fingerprint density at radius 1 is 0.982 bits per heavy atom. The van der Waals surface area contributed by atoms with E-state index in [0.717, 1.165) is 54.0 Å². The summed E-state index contributed by atoms with van der Waals surface area (Å²) < 4.78 is 17.3. The van der Waals surface area contributed by atoms with Gasteiger partial charge in [0.25, 0.3) is 0 Å². The average molecular weight is 776 g/mol. The van der Waals surface area contributed by atoms with Crippen LogP contribution in [0.15, 0.2) is 84.1 Å². The van der Waals surface area contributed by atoms with Crippen molar-refractivity contribution in [3.8, 4) is 34.3 Å². The smallest absolute Gasteiger partial charge is 0.407 e. The van der Waals surface area contributed by atoms with Gasteiger partial charge in [-0.1, -0.05) is 64.1 Å². The minimum atomic E-state index is -0.704. The van der Waals surface area contributed by atoms with Crippen LogP contribution in [0.5, 0.6) is 23.0 Å². The average Bonchev–Trinajstić information content (AvgIpc) is 3.91. The molecule has 2 aliphatic heterocycles. The molecule has 0 saturated carbocycles. The largest absolute Gasteiger partial charge is 0.453 e. The minimum Gasteiger partial charge on any atom is -0.453 e. The Bertz CT molecular complexity index is 2110. The van der Waals surface area contributed by atoms with Crippen LogP contribution in [0.1, 0.15) is 83.4 Å². The number of carbonyl (C=O) groups is 3. The van der Waals surface area contributed by atoms with E-state index < -0.39 is 12.1 Å². The summed E-state index contributed by atoms with van der Waals surface area (Å²) in [6.07, 6.45) is 6.32. The van der Waals surface area contributed by atoms with Gasteiger partial charge >= 0.3 is 6.09 Å². The molecule has 1 fully saturated rings. The van der Waals surface area contributed by atoms with Crippen molar-refractivity contribution >= 4 is 29.7 Å². The van der Waals surface area contributed by atoms with Crippen molar-refractivity contribution < 1.29 is 28.6 Å². The third kappa shape index (κ3) is 9.37. The number of likely N-dealkylation sites (N-methyl/N-ethyl adjacent to an activating group) is 1. The molecular weight excluding hydrogens is 723 g/mol. The molecule has 300 valence electrons. The molecule has 4 atom stereocenters. The molecule has 0 unspecified atom stereocenters. The number of likely N-dealkylation sites (tertiary alicyclic amines) is 1. The first kappa shape index (κ1) is 40.7. The summed E-state index contributed by atoms with van der Waals surface area (Å²) in [5.74, 6) is 2.66. The zero-order chi connectivity index (χ0) is 40.6. The van der Waals surface area contributed by atoms with E-state index >= 15 is 0 Å². The number of hydrogen-bond donors (Lipinski definition) is 3. The number of methoxy groups -OCH3 is 1. The maximum Gasteiger partial charge on any atom is 0.407 e. The van der Waals surface area contributed by atoms with Gasteiger partial charge in [0.2, 0.25) is 11.8 Å². The molecule has 4 aromatic rings. The van der Waals surface area contributed by atoms with Crippen molar-refractivity contribution in [3.05, 3.63) is 96.1 Å². The van der Waals surface area contributed by atoms with Gasteiger partial charge in [0.15, 0.2) is 23.0 Å². The van der Waals surface area contributed by atoms with Gasteiger partial charge in [-0.15, -0.1) is 0 Å². The summed E-state index contributed by atoms with van der Waals surface area (Å²) in [4.78, 5) is 55.7. The Kier molecular flexibility index (Phi) is 13.1. The molecule has 0 aliphatic carbocycles. The SMILES string of the molecule is CCN(CC)[C@@H](C(=O)N[C@@H](C)C(C)=N/C=C/c1ccc2c(c1)Oc1ccc(-c3cnc([C@@H]4CCCN4C(=O)[C@@H](NC(=O)OC)C(C)C)[nH]3)cc1O2)c1ccccc1. The highest BCUT2D eigenvalue weighted by atomic mass is 16.6. The fourth-order valence-electron chi connectivity index (χ4n) is 7.22. The quantitative estimate of drug-likeness (QED) is 0.0960. The van der Waals surface area contributed by atoms with Crippen molar-refractivity contribution in [2.24, 2.45) is 10.9 Å². The van der Waals surface area contributed by atoms with Gasteiger partial charge in [0.05, 0.1) is 31.1 Å². The second-order valence-electron chi connectivity index (χ2n) is 14.7. The Balaban J connectivity index is 1.09. The monoisotopic (exact) mass is 775 g/mol.